The van der Waals surface area contributed by atoms with Crippen LogP contribution < -0.4 is 21.3 Å². The normalized spacial score (nSPS) is 12.4. The lowest BCUT2D eigenvalue weighted by atomic mass is 10.1. The number of carbonyl (C=O) groups excluding carboxylic acids is 4. The van der Waals surface area contributed by atoms with Crippen LogP contribution in [0.2, 0.25) is 0 Å². The van der Waals surface area contributed by atoms with Gasteiger partial charge in [0.25, 0.3) is 0 Å². The molecule has 0 aromatic heterocycles. The molecule has 2 atom stereocenters. The molecule has 12 heteroatoms. The van der Waals surface area contributed by atoms with Crippen LogP contribution >= 0.6 is 0 Å². The Hall–Kier alpha value is -2.57. The second-order valence-corrected chi connectivity index (χ2v) is 6.21. The fourth-order valence-corrected chi connectivity index (χ4v) is 2.23. The number of likely N-dealkylation sites (N-methyl/N-ethyl adjacent to an activating group) is 1. The molecular weight excluding hydrogens is 400 g/mol. The van der Waals surface area contributed by atoms with Crippen LogP contribution in [0.4, 0.5) is 0 Å². The molecule has 0 aliphatic heterocycles. The Morgan fingerprint density at radius 2 is 1.57 bits per heavy atom. The predicted molar refractivity (Wildman–Crippen MR) is 106 cm³/mol. The van der Waals surface area contributed by atoms with Gasteiger partial charge < -0.3 is 40.6 Å². The summed E-state index contributed by atoms with van der Waals surface area (Å²) in [6, 6.07) is -1.66. The fourth-order valence-electron chi connectivity index (χ4n) is 2.23. The van der Waals surface area contributed by atoms with Gasteiger partial charge in [0.15, 0.2) is 0 Å². The van der Waals surface area contributed by atoms with Gasteiger partial charge in [-0.1, -0.05) is 0 Å². The lowest BCUT2D eigenvalue weighted by molar-refractivity contribution is -0.142. The minimum absolute atomic E-state index is 0.00508. The molecule has 0 rings (SSSR count). The highest BCUT2D eigenvalue weighted by Gasteiger charge is 2.21. The van der Waals surface area contributed by atoms with Crippen molar-refractivity contribution < 1.29 is 38.6 Å². The number of aldehydes is 1. The number of hydrogen-bond donors (Lipinski definition) is 5. The quantitative estimate of drug-likeness (QED) is 0.106. The molecule has 172 valence electrons. The van der Waals surface area contributed by atoms with E-state index in [9.17, 15) is 29.1 Å². The van der Waals surface area contributed by atoms with E-state index in [1.54, 1.807) is 7.05 Å². The smallest absolute Gasteiger partial charge is 0.326 e. The van der Waals surface area contributed by atoms with Crippen molar-refractivity contribution in [3.63, 3.8) is 0 Å². The molecule has 12 nitrogen and oxygen atoms in total. The van der Waals surface area contributed by atoms with Crippen molar-refractivity contribution >= 4 is 30.5 Å². The number of amides is 3. The molecule has 2 unspecified atom stereocenters. The van der Waals surface area contributed by atoms with Crippen molar-refractivity contribution in [2.24, 2.45) is 0 Å². The van der Waals surface area contributed by atoms with Gasteiger partial charge in [0.05, 0.1) is 32.5 Å². The summed E-state index contributed by atoms with van der Waals surface area (Å²) in [4.78, 5) is 55.6. The van der Waals surface area contributed by atoms with Gasteiger partial charge in [0.1, 0.15) is 12.3 Å². The Bertz CT molecular complexity index is 532. The van der Waals surface area contributed by atoms with Gasteiger partial charge in [-0.05, 0) is 19.9 Å². The Labute approximate surface area is 175 Å². The highest BCUT2D eigenvalue weighted by molar-refractivity contribution is 5.84. The number of ether oxygens (including phenoxy) is 2. The lowest BCUT2D eigenvalue weighted by Gasteiger charge is -2.15. The molecule has 0 fully saturated rings. The molecule has 3 amide bonds. The summed E-state index contributed by atoms with van der Waals surface area (Å²) in [5.41, 5.74) is 0. The van der Waals surface area contributed by atoms with E-state index in [1.165, 1.54) is 0 Å². The maximum atomic E-state index is 11.8. The fraction of sp³-hybridized carbons (Fsp3) is 0.722. The predicted octanol–water partition coefficient (Wildman–Crippen LogP) is -2.20. The number of carboxylic acid groups (broad SMARTS) is 1. The summed E-state index contributed by atoms with van der Waals surface area (Å²) in [6.45, 7) is 2.02. The van der Waals surface area contributed by atoms with Gasteiger partial charge in [0, 0.05) is 25.9 Å². The van der Waals surface area contributed by atoms with Gasteiger partial charge >= 0.3 is 5.97 Å². The third-order valence-electron chi connectivity index (χ3n) is 3.93. The molecule has 30 heavy (non-hydrogen) atoms. The maximum Gasteiger partial charge on any atom is 0.326 e. The number of rotatable bonds is 20. The zero-order valence-corrected chi connectivity index (χ0v) is 17.2. The first kappa shape index (κ1) is 27.4. The summed E-state index contributed by atoms with van der Waals surface area (Å²) in [6.07, 6.45) is 1.38. The molecule has 0 aromatic rings. The number of hydrogen-bond acceptors (Lipinski definition) is 8. The molecule has 0 saturated carbocycles. The molecule has 0 aromatic carbocycles. The van der Waals surface area contributed by atoms with E-state index >= 15 is 0 Å². The van der Waals surface area contributed by atoms with Crippen LogP contribution in [0.3, 0.4) is 0 Å². The monoisotopic (exact) mass is 432 g/mol. The summed E-state index contributed by atoms with van der Waals surface area (Å²) in [5.74, 6) is -2.09. The summed E-state index contributed by atoms with van der Waals surface area (Å²) < 4.78 is 10.4. The number of aliphatic carboxylic acids is 1. The van der Waals surface area contributed by atoms with Crippen LogP contribution in [0.25, 0.3) is 0 Å². The van der Waals surface area contributed by atoms with E-state index < -0.39 is 24.0 Å². The Balaban J connectivity index is 3.90. The van der Waals surface area contributed by atoms with E-state index in [2.05, 4.69) is 21.3 Å². The van der Waals surface area contributed by atoms with Crippen molar-refractivity contribution in [2.75, 3.05) is 46.6 Å². The van der Waals surface area contributed by atoms with Crippen LogP contribution in [0.1, 0.15) is 25.7 Å². The summed E-state index contributed by atoms with van der Waals surface area (Å²) in [7, 11) is 1.59. The molecule has 5 N–H and O–H groups in total. The van der Waals surface area contributed by atoms with E-state index in [0.717, 1.165) is 0 Å². The summed E-state index contributed by atoms with van der Waals surface area (Å²) >= 11 is 0. The first-order valence-corrected chi connectivity index (χ1v) is 9.68. The van der Waals surface area contributed by atoms with Crippen LogP contribution in [0.15, 0.2) is 0 Å². The number of carbonyl (C=O) groups is 5. The average molecular weight is 432 g/mol. The third kappa shape index (κ3) is 15.4. The first-order chi connectivity index (χ1) is 14.4. The zero-order chi connectivity index (χ0) is 22.6. The van der Waals surface area contributed by atoms with Crippen LogP contribution in [-0.2, 0) is 33.4 Å². The zero-order valence-electron chi connectivity index (χ0n) is 17.2. The molecule has 0 heterocycles. The summed E-state index contributed by atoms with van der Waals surface area (Å²) in [5, 5.41) is 19.3. The van der Waals surface area contributed by atoms with Crippen molar-refractivity contribution in [3.8, 4) is 0 Å². The minimum atomic E-state index is -1.23. The SMILES string of the molecule is CNC(C=O)CCC(=O)NC(CCC(=O)NCCOCCOCCNC=O)C(=O)O. The number of nitrogens with one attached hydrogen (secondary N) is 4. The van der Waals surface area contributed by atoms with Gasteiger partial charge in [-0.25, -0.2) is 4.79 Å². The molecular formula is C18H32N4O8. The average Bonchev–Trinajstić information content (AvgIpc) is 2.72. The Morgan fingerprint density at radius 3 is 2.13 bits per heavy atom. The Morgan fingerprint density at radius 1 is 0.933 bits per heavy atom. The standard InChI is InChI=1S/C18H32N4O8/c1-19-14(12-23)2-4-17(26)22-15(18(27)28)3-5-16(25)21-7-9-30-11-10-29-8-6-20-13-24/h12-15,19H,2-11H2,1H3,(H,20,24)(H,21,25)(H,22,26)(H,27,28). The van der Waals surface area contributed by atoms with E-state index in [-0.39, 0.29) is 44.7 Å². The van der Waals surface area contributed by atoms with Crippen LogP contribution in [-0.4, -0.2) is 94.2 Å². The second-order valence-electron chi connectivity index (χ2n) is 6.21. The van der Waals surface area contributed by atoms with Crippen molar-refractivity contribution in [1.82, 2.24) is 21.3 Å². The maximum absolute atomic E-state index is 11.8. The second kappa shape index (κ2) is 18.5. The van der Waals surface area contributed by atoms with Crippen LogP contribution in [0.5, 0.6) is 0 Å². The largest absolute Gasteiger partial charge is 0.480 e. The van der Waals surface area contributed by atoms with Crippen LogP contribution in [0, 0.1) is 0 Å². The molecule has 0 saturated heterocycles. The molecule has 0 spiro atoms. The minimum Gasteiger partial charge on any atom is -0.480 e. The molecule has 0 radical (unpaired) electrons. The number of carboxylic acids is 1. The van der Waals surface area contributed by atoms with Gasteiger partial charge in [-0.3, -0.25) is 14.4 Å². The lowest BCUT2D eigenvalue weighted by Crippen LogP contribution is -2.42. The van der Waals surface area contributed by atoms with Gasteiger partial charge in [-0.15, -0.1) is 0 Å². The topological polar surface area (TPSA) is 172 Å². The molecule has 0 aliphatic rings. The van der Waals surface area contributed by atoms with E-state index in [4.69, 9.17) is 9.47 Å². The van der Waals surface area contributed by atoms with E-state index in [0.29, 0.717) is 39.1 Å². The highest BCUT2D eigenvalue weighted by Crippen LogP contribution is 2.01. The van der Waals surface area contributed by atoms with Crippen molar-refractivity contribution in [1.29, 1.82) is 0 Å². The van der Waals surface area contributed by atoms with E-state index in [1.807, 2.05) is 0 Å². The van der Waals surface area contributed by atoms with Gasteiger partial charge in [-0.2, -0.15) is 0 Å². The third-order valence-corrected chi connectivity index (χ3v) is 3.93. The molecule has 0 aliphatic carbocycles. The first-order valence-electron chi connectivity index (χ1n) is 9.68. The Kier molecular flexibility index (Phi) is 16.9. The van der Waals surface area contributed by atoms with Crippen molar-refractivity contribution in [2.45, 2.75) is 37.8 Å². The van der Waals surface area contributed by atoms with Gasteiger partial charge in [0.2, 0.25) is 18.2 Å². The molecule has 0 bridgehead atoms. The van der Waals surface area contributed by atoms with Crippen molar-refractivity contribution in [3.05, 3.63) is 0 Å². The highest BCUT2D eigenvalue weighted by atomic mass is 16.5.